The Labute approximate surface area is 114 Å². The summed E-state index contributed by atoms with van der Waals surface area (Å²) in [4.78, 5) is 0. The van der Waals surface area contributed by atoms with Crippen molar-refractivity contribution in [2.45, 2.75) is 64.1 Å². The van der Waals surface area contributed by atoms with E-state index in [2.05, 4.69) is 39.1 Å². The van der Waals surface area contributed by atoms with Crippen LogP contribution in [-0.2, 0) is 9.31 Å². The number of thiophene rings is 1. The van der Waals surface area contributed by atoms with Crippen molar-refractivity contribution in [1.82, 2.24) is 0 Å². The molecule has 3 rings (SSSR count). The van der Waals surface area contributed by atoms with Crippen LogP contribution in [-0.4, -0.2) is 18.3 Å². The standard InChI is InChI=1S/C14H21BO2S/c1-13(2)14(3,4)17-15(16-13)12-8-11(9-18-12)10-6-5-7-10/h8-10H,5-7H2,1-4H3. The maximum Gasteiger partial charge on any atom is 0.505 e. The van der Waals surface area contributed by atoms with Crippen molar-refractivity contribution in [2.24, 2.45) is 0 Å². The van der Waals surface area contributed by atoms with Gasteiger partial charge < -0.3 is 9.31 Å². The molecule has 1 aliphatic carbocycles. The van der Waals surface area contributed by atoms with Gasteiger partial charge in [0.05, 0.1) is 11.2 Å². The smallest absolute Gasteiger partial charge is 0.399 e. The molecule has 0 bridgehead atoms. The largest absolute Gasteiger partial charge is 0.505 e. The summed E-state index contributed by atoms with van der Waals surface area (Å²) < 4.78 is 13.4. The van der Waals surface area contributed by atoms with Crippen LogP contribution in [0.15, 0.2) is 11.4 Å². The van der Waals surface area contributed by atoms with Gasteiger partial charge in [0, 0.05) is 4.78 Å². The highest BCUT2D eigenvalue weighted by Gasteiger charge is 2.52. The molecular formula is C14H21BO2S. The summed E-state index contributed by atoms with van der Waals surface area (Å²) in [6.45, 7) is 8.42. The van der Waals surface area contributed by atoms with E-state index in [0.717, 1.165) is 5.92 Å². The monoisotopic (exact) mass is 264 g/mol. The molecule has 2 fully saturated rings. The predicted octanol–water partition coefficient (Wildman–Crippen LogP) is 3.31. The summed E-state index contributed by atoms with van der Waals surface area (Å²) in [6, 6.07) is 2.29. The quantitative estimate of drug-likeness (QED) is 0.763. The first-order valence-electron chi connectivity index (χ1n) is 6.83. The summed E-state index contributed by atoms with van der Waals surface area (Å²) in [5.74, 6) is 0.789. The van der Waals surface area contributed by atoms with Gasteiger partial charge in [0.25, 0.3) is 0 Å². The van der Waals surface area contributed by atoms with Gasteiger partial charge >= 0.3 is 7.12 Å². The first-order valence-corrected chi connectivity index (χ1v) is 7.71. The highest BCUT2D eigenvalue weighted by molar-refractivity contribution is 7.20. The Morgan fingerprint density at radius 1 is 1.17 bits per heavy atom. The summed E-state index contributed by atoms with van der Waals surface area (Å²) in [5, 5.41) is 2.28. The first-order chi connectivity index (χ1) is 8.39. The van der Waals surface area contributed by atoms with Gasteiger partial charge in [-0.05, 0) is 63.5 Å². The van der Waals surface area contributed by atoms with Crippen LogP contribution in [0.1, 0.15) is 58.4 Å². The van der Waals surface area contributed by atoms with Crippen LogP contribution in [0.2, 0.25) is 0 Å². The van der Waals surface area contributed by atoms with E-state index in [1.807, 2.05) is 0 Å². The zero-order chi connectivity index (χ0) is 13.0. The third-order valence-electron chi connectivity index (χ3n) is 4.70. The molecule has 0 aromatic carbocycles. The van der Waals surface area contributed by atoms with E-state index in [9.17, 15) is 0 Å². The molecule has 0 N–H and O–H groups in total. The van der Waals surface area contributed by atoms with Gasteiger partial charge in [0.1, 0.15) is 0 Å². The van der Waals surface area contributed by atoms with Gasteiger partial charge in [0.15, 0.2) is 0 Å². The lowest BCUT2D eigenvalue weighted by atomic mass is 9.79. The third-order valence-corrected chi connectivity index (χ3v) is 5.67. The van der Waals surface area contributed by atoms with Crippen LogP contribution in [0, 0.1) is 0 Å². The molecule has 1 saturated carbocycles. The molecule has 18 heavy (non-hydrogen) atoms. The first kappa shape index (κ1) is 12.7. The van der Waals surface area contributed by atoms with E-state index in [1.165, 1.54) is 29.6 Å². The molecule has 4 heteroatoms. The van der Waals surface area contributed by atoms with Crippen LogP contribution < -0.4 is 4.78 Å². The van der Waals surface area contributed by atoms with Gasteiger partial charge in [-0.2, -0.15) is 11.3 Å². The lowest BCUT2D eigenvalue weighted by Gasteiger charge is -2.32. The Balaban J connectivity index is 1.78. The van der Waals surface area contributed by atoms with Gasteiger partial charge in [-0.25, -0.2) is 0 Å². The lowest BCUT2D eigenvalue weighted by molar-refractivity contribution is 0.00578. The van der Waals surface area contributed by atoms with Crippen molar-refractivity contribution >= 4 is 23.2 Å². The average molecular weight is 264 g/mol. The zero-order valence-corrected chi connectivity index (χ0v) is 12.5. The van der Waals surface area contributed by atoms with E-state index in [-0.39, 0.29) is 18.3 Å². The molecule has 0 spiro atoms. The second kappa shape index (κ2) is 4.09. The Hall–Kier alpha value is -0.315. The predicted molar refractivity (Wildman–Crippen MR) is 76.6 cm³/mol. The molecule has 1 aromatic heterocycles. The molecule has 1 saturated heterocycles. The van der Waals surface area contributed by atoms with Crippen LogP contribution in [0.25, 0.3) is 0 Å². The molecule has 98 valence electrons. The molecule has 0 unspecified atom stereocenters. The zero-order valence-electron chi connectivity index (χ0n) is 11.7. The number of hydrogen-bond acceptors (Lipinski definition) is 3. The molecular weight excluding hydrogens is 243 g/mol. The fourth-order valence-electron chi connectivity index (χ4n) is 2.41. The molecule has 2 heterocycles. The normalized spacial score (nSPS) is 26.3. The molecule has 1 aliphatic heterocycles. The van der Waals surface area contributed by atoms with Crippen LogP contribution in [0.5, 0.6) is 0 Å². The molecule has 1 aromatic rings. The average Bonchev–Trinajstić information content (AvgIpc) is 2.68. The van der Waals surface area contributed by atoms with Crippen molar-refractivity contribution < 1.29 is 9.31 Å². The second-order valence-electron chi connectivity index (χ2n) is 6.50. The lowest BCUT2D eigenvalue weighted by Crippen LogP contribution is -2.41. The fourth-order valence-corrected chi connectivity index (χ4v) is 3.35. The van der Waals surface area contributed by atoms with E-state index >= 15 is 0 Å². The fraction of sp³-hybridized carbons (Fsp3) is 0.714. The van der Waals surface area contributed by atoms with Gasteiger partial charge in [0.2, 0.25) is 0 Å². The molecule has 0 atom stereocenters. The maximum absolute atomic E-state index is 6.08. The number of hydrogen-bond donors (Lipinski definition) is 0. The van der Waals surface area contributed by atoms with E-state index < -0.39 is 0 Å². The van der Waals surface area contributed by atoms with Crippen LogP contribution in [0.4, 0.5) is 0 Å². The van der Waals surface area contributed by atoms with Crippen molar-refractivity contribution in [1.29, 1.82) is 0 Å². The summed E-state index contributed by atoms with van der Waals surface area (Å²) >= 11 is 1.78. The topological polar surface area (TPSA) is 18.5 Å². The highest BCUT2D eigenvalue weighted by Crippen LogP contribution is 2.39. The Morgan fingerprint density at radius 3 is 2.28 bits per heavy atom. The van der Waals surface area contributed by atoms with Crippen molar-refractivity contribution in [3.05, 3.63) is 17.0 Å². The van der Waals surface area contributed by atoms with E-state index in [0.29, 0.717) is 0 Å². The molecule has 2 nitrogen and oxygen atoms in total. The third kappa shape index (κ3) is 1.95. The minimum atomic E-state index is -0.238. The summed E-state index contributed by atoms with van der Waals surface area (Å²) in [7, 11) is -0.186. The molecule has 2 aliphatic rings. The minimum Gasteiger partial charge on any atom is -0.399 e. The Kier molecular flexibility index (Phi) is 2.89. The minimum absolute atomic E-state index is 0.186. The Morgan fingerprint density at radius 2 is 1.78 bits per heavy atom. The SMILES string of the molecule is CC1(C)OB(c2cc(C3CCC3)cs2)OC1(C)C. The van der Waals surface area contributed by atoms with Gasteiger partial charge in [-0.1, -0.05) is 6.42 Å². The van der Waals surface area contributed by atoms with Crippen molar-refractivity contribution in [2.75, 3.05) is 0 Å². The van der Waals surface area contributed by atoms with Crippen molar-refractivity contribution in [3.8, 4) is 0 Å². The van der Waals surface area contributed by atoms with E-state index in [1.54, 1.807) is 11.3 Å². The molecule has 0 radical (unpaired) electrons. The van der Waals surface area contributed by atoms with Crippen LogP contribution >= 0.6 is 11.3 Å². The Bertz CT molecular complexity index is 432. The summed E-state index contributed by atoms with van der Waals surface area (Å²) in [6.07, 6.45) is 4.07. The van der Waals surface area contributed by atoms with Gasteiger partial charge in [-0.3, -0.25) is 0 Å². The summed E-state index contributed by atoms with van der Waals surface area (Å²) in [5.41, 5.74) is 1.01. The highest BCUT2D eigenvalue weighted by atomic mass is 32.1. The molecule has 0 amide bonds. The number of rotatable bonds is 2. The maximum atomic E-state index is 6.08. The van der Waals surface area contributed by atoms with Crippen LogP contribution in [0.3, 0.4) is 0 Å². The van der Waals surface area contributed by atoms with Gasteiger partial charge in [-0.15, -0.1) is 0 Å². The van der Waals surface area contributed by atoms with Crippen molar-refractivity contribution in [3.63, 3.8) is 0 Å². The second-order valence-corrected chi connectivity index (χ2v) is 7.44. The van der Waals surface area contributed by atoms with E-state index in [4.69, 9.17) is 9.31 Å².